The second kappa shape index (κ2) is 6.82. The summed E-state index contributed by atoms with van der Waals surface area (Å²) in [4.78, 5) is 24.0. The van der Waals surface area contributed by atoms with Crippen LogP contribution in [-0.4, -0.2) is 26.8 Å². The van der Waals surface area contributed by atoms with E-state index in [1.54, 1.807) is 25.6 Å². The Morgan fingerprint density at radius 2 is 1.92 bits per heavy atom. The molecule has 24 heavy (non-hydrogen) atoms. The molecule has 0 fully saturated rings. The van der Waals surface area contributed by atoms with Gasteiger partial charge in [0.15, 0.2) is 6.04 Å². The number of rotatable bonds is 5. The van der Waals surface area contributed by atoms with Crippen molar-refractivity contribution in [3.05, 3.63) is 52.6 Å². The molecule has 0 aliphatic rings. The van der Waals surface area contributed by atoms with Gasteiger partial charge in [-0.3, -0.25) is 9.48 Å². The third-order valence-electron chi connectivity index (χ3n) is 4.14. The number of carboxylic acids is 1. The van der Waals surface area contributed by atoms with Gasteiger partial charge in [-0.25, -0.2) is 9.18 Å². The number of halogens is 1. The normalized spacial score (nSPS) is 13.4. The Hall–Kier alpha value is -2.70. The van der Waals surface area contributed by atoms with E-state index in [4.69, 9.17) is 0 Å². The minimum Gasteiger partial charge on any atom is -0.479 e. The summed E-state index contributed by atoms with van der Waals surface area (Å²) in [5.41, 5.74) is 2.20. The molecule has 0 saturated carbocycles. The van der Waals surface area contributed by atoms with Crippen molar-refractivity contribution < 1.29 is 19.1 Å². The summed E-state index contributed by atoms with van der Waals surface area (Å²) in [5, 5.41) is 16.0. The van der Waals surface area contributed by atoms with Crippen LogP contribution in [0.1, 0.15) is 41.4 Å². The highest BCUT2D eigenvalue weighted by Crippen LogP contribution is 2.25. The number of carboxylic acid groups (broad SMARTS) is 1. The second-order valence-electron chi connectivity index (χ2n) is 5.73. The summed E-state index contributed by atoms with van der Waals surface area (Å²) in [6, 6.07) is 4.05. The van der Waals surface area contributed by atoms with Gasteiger partial charge in [-0.05, 0) is 26.8 Å². The van der Waals surface area contributed by atoms with Crippen molar-refractivity contribution in [1.82, 2.24) is 15.1 Å². The predicted molar refractivity (Wildman–Crippen MR) is 86.0 cm³/mol. The Bertz CT molecular complexity index is 785. The zero-order chi connectivity index (χ0) is 18.0. The van der Waals surface area contributed by atoms with Gasteiger partial charge in [0.2, 0.25) is 5.91 Å². The molecule has 1 amide bonds. The molecule has 6 nitrogen and oxygen atoms in total. The molecule has 128 valence electrons. The average Bonchev–Trinajstić information content (AvgIpc) is 2.77. The fourth-order valence-electron chi connectivity index (χ4n) is 2.80. The van der Waals surface area contributed by atoms with Gasteiger partial charge in [-0.1, -0.05) is 18.2 Å². The molecule has 2 aromatic rings. The first kappa shape index (κ1) is 17.7. The highest BCUT2D eigenvalue weighted by atomic mass is 19.1. The molecule has 2 unspecified atom stereocenters. The first-order chi connectivity index (χ1) is 11.2. The van der Waals surface area contributed by atoms with E-state index in [1.807, 2.05) is 6.92 Å². The summed E-state index contributed by atoms with van der Waals surface area (Å²) in [5.74, 6) is -3.09. The maximum absolute atomic E-state index is 13.9. The third-order valence-corrected chi connectivity index (χ3v) is 4.14. The Morgan fingerprint density at radius 1 is 1.29 bits per heavy atom. The van der Waals surface area contributed by atoms with E-state index in [9.17, 15) is 19.1 Å². The van der Waals surface area contributed by atoms with E-state index in [0.29, 0.717) is 5.69 Å². The summed E-state index contributed by atoms with van der Waals surface area (Å²) in [6.07, 6.45) is 0. The first-order valence-electron chi connectivity index (χ1n) is 7.51. The lowest BCUT2D eigenvalue weighted by Gasteiger charge is -2.19. The molecule has 2 atom stereocenters. The van der Waals surface area contributed by atoms with E-state index in [-0.39, 0.29) is 5.56 Å². The van der Waals surface area contributed by atoms with Crippen molar-refractivity contribution in [2.45, 2.75) is 32.7 Å². The van der Waals surface area contributed by atoms with Crippen LogP contribution in [-0.2, 0) is 16.6 Å². The number of amides is 1. The standard InChI is InChI=1S/C17H20FN3O3/c1-9(14-10(2)20-21(4)11(14)3)16(22)19-15(17(23)24)12-7-5-6-8-13(12)18/h5-9,15H,1-4H3,(H,19,22)(H,23,24). The van der Waals surface area contributed by atoms with E-state index in [0.717, 1.165) is 17.3 Å². The quantitative estimate of drug-likeness (QED) is 0.879. The molecule has 1 aromatic heterocycles. The van der Waals surface area contributed by atoms with Gasteiger partial charge >= 0.3 is 5.97 Å². The molecule has 0 aliphatic carbocycles. The molecule has 2 rings (SSSR count). The molecule has 1 heterocycles. The molecular formula is C17H20FN3O3. The van der Waals surface area contributed by atoms with Gasteiger partial charge in [0.05, 0.1) is 11.6 Å². The van der Waals surface area contributed by atoms with Crippen molar-refractivity contribution >= 4 is 11.9 Å². The van der Waals surface area contributed by atoms with Crippen molar-refractivity contribution in [3.8, 4) is 0 Å². The van der Waals surface area contributed by atoms with Crippen LogP contribution in [0.15, 0.2) is 24.3 Å². The number of carbonyl (C=O) groups is 2. The Kier molecular flexibility index (Phi) is 5.02. The lowest BCUT2D eigenvalue weighted by molar-refractivity contribution is -0.142. The van der Waals surface area contributed by atoms with E-state index >= 15 is 0 Å². The number of aryl methyl sites for hydroxylation is 2. The van der Waals surface area contributed by atoms with E-state index in [2.05, 4.69) is 10.4 Å². The number of carbonyl (C=O) groups excluding carboxylic acids is 1. The Balaban J connectivity index is 2.29. The van der Waals surface area contributed by atoms with Crippen molar-refractivity contribution in [1.29, 1.82) is 0 Å². The fraction of sp³-hybridized carbons (Fsp3) is 0.353. The number of nitrogens with one attached hydrogen (secondary N) is 1. The molecule has 7 heteroatoms. The number of benzene rings is 1. The highest BCUT2D eigenvalue weighted by Gasteiger charge is 2.29. The van der Waals surface area contributed by atoms with Gasteiger partial charge in [-0.15, -0.1) is 0 Å². The molecule has 0 saturated heterocycles. The minimum atomic E-state index is -1.45. The molecule has 0 spiro atoms. The van der Waals surface area contributed by atoms with Crippen molar-refractivity contribution in [2.24, 2.45) is 7.05 Å². The maximum atomic E-state index is 13.9. The number of hydrogen-bond donors (Lipinski definition) is 2. The average molecular weight is 333 g/mol. The largest absolute Gasteiger partial charge is 0.479 e. The Labute approximate surface area is 139 Å². The zero-order valence-electron chi connectivity index (χ0n) is 14.0. The topological polar surface area (TPSA) is 84.2 Å². The Morgan fingerprint density at radius 3 is 2.42 bits per heavy atom. The molecular weight excluding hydrogens is 313 g/mol. The molecule has 0 bridgehead atoms. The van der Waals surface area contributed by atoms with E-state index < -0.39 is 29.7 Å². The van der Waals surface area contributed by atoms with Gasteiger partial charge in [-0.2, -0.15) is 5.10 Å². The summed E-state index contributed by atoms with van der Waals surface area (Å²) in [6.45, 7) is 5.30. The monoisotopic (exact) mass is 333 g/mol. The number of aromatic nitrogens is 2. The first-order valence-corrected chi connectivity index (χ1v) is 7.51. The van der Waals surface area contributed by atoms with Crippen molar-refractivity contribution in [2.75, 3.05) is 0 Å². The van der Waals surface area contributed by atoms with Crippen LogP contribution in [0.4, 0.5) is 4.39 Å². The summed E-state index contributed by atoms with van der Waals surface area (Å²) in [7, 11) is 1.77. The van der Waals surface area contributed by atoms with Crippen LogP contribution in [0, 0.1) is 19.7 Å². The maximum Gasteiger partial charge on any atom is 0.331 e. The van der Waals surface area contributed by atoms with Gasteiger partial charge in [0, 0.05) is 23.9 Å². The van der Waals surface area contributed by atoms with E-state index in [1.165, 1.54) is 18.2 Å². The lowest BCUT2D eigenvalue weighted by Crippen LogP contribution is -2.37. The smallest absolute Gasteiger partial charge is 0.331 e. The van der Waals surface area contributed by atoms with Crippen LogP contribution >= 0.6 is 0 Å². The summed E-state index contributed by atoms with van der Waals surface area (Å²) < 4.78 is 15.5. The third kappa shape index (κ3) is 3.29. The molecule has 0 aliphatic heterocycles. The van der Waals surface area contributed by atoms with Crippen LogP contribution in [0.5, 0.6) is 0 Å². The SMILES string of the molecule is Cc1nn(C)c(C)c1C(C)C(=O)NC(C(=O)O)c1ccccc1F. The number of hydrogen-bond acceptors (Lipinski definition) is 3. The lowest BCUT2D eigenvalue weighted by atomic mass is 9.97. The van der Waals surface area contributed by atoms with Gasteiger partial charge < -0.3 is 10.4 Å². The second-order valence-corrected chi connectivity index (χ2v) is 5.73. The predicted octanol–water partition coefficient (Wildman–Crippen LogP) is 2.22. The number of aliphatic carboxylic acids is 1. The minimum absolute atomic E-state index is 0.0785. The van der Waals surface area contributed by atoms with Gasteiger partial charge in [0.25, 0.3) is 0 Å². The zero-order valence-corrected chi connectivity index (χ0v) is 14.0. The number of nitrogens with zero attached hydrogens (tertiary/aromatic N) is 2. The summed E-state index contributed by atoms with van der Waals surface area (Å²) >= 11 is 0. The van der Waals surface area contributed by atoms with Crippen LogP contribution in [0.3, 0.4) is 0 Å². The van der Waals surface area contributed by atoms with Crippen molar-refractivity contribution in [3.63, 3.8) is 0 Å². The van der Waals surface area contributed by atoms with Gasteiger partial charge in [0.1, 0.15) is 5.82 Å². The molecule has 2 N–H and O–H groups in total. The molecule has 1 aromatic carbocycles. The van der Waals surface area contributed by atoms with Crippen LogP contribution in [0.2, 0.25) is 0 Å². The van der Waals surface area contributed by atoms with Crippen LogP contribution < -0.4 is 5.32 Å². The van der Waals surface area contributed by atoms with Crippen LogP contribution in [0.25, 0.3) is 0 Å². The fourth-order valence-corrected chi connectivity index (χ4v) is 2.80. The molecule has 0 radical (unpaired) electrons. The highest BCUT2D eigenvalue weighted by molar-refractivity contribution is 5.88.